The molecule has 0 heterocycles. The first-order valence-corrected chi connectivity index (χ1v) is 6.67. The van der Waals surface area contributed by atoms with Gasteiger partial charge < -0.3 is 10.1 Å². The van der Waals surface area contributed by atoms with Gasteiger partial charge in [0.25, 0.3) is 0 Å². The molecule has 0 aliphatic heterocycles. The van der Waals surface area contributed by atoms with E-state index in [-0.39, 0.29) is 16.6 Å². The number of carbonyl (C=O) groups excluding carboxylic acids is 2. The van der Waals surface area contributed by atoms with Gasteiger partial charge >= 0.3 is 5.97 Å². The highest BCUT2D eigenvalue weighted by Gasteiger charge is 2.25. The Morgan fingerprint density at radius 1 is 1.29 bits per heavy atom. The third-order valence-electron chi connectivity index (χ3n) is 2.07. The molecule has 1 atom stereocenters. The fraction of sp³-hybridized carbons (Fsp3) is 0.833. The van der Waals surface area contributed by atoms with E-state index in [1.165, 1.54) is 7.11 Å². The van der Waals surface area contributed by atoms with Crippen molar-refractivity contribution in [2.45, 2.75) is 45.4 Å². The van der Waals surface area contributed by atoms with Crippen molar-refractivity contribution in [2.75, 3.05) is 12.9 Å². The average molecular weight is 261 g/mol. The summed E-state index contributed by atoms with van der Waals surface area (Å²) in [6.45, 7) is 9.89. The van der Waals surface area contributed by atoms with Crippen molar-refractivity contribution in [1.29, 1.82) is 0 Å². The molecule has 0 radical (unpaired) electrons. The summed E-state index contributed by atoms with van der Waals surface area (Å²) in [5.41, 5.74) is 0. The summed E-state index contributed by atoms with van der Waals surface area (Å²) in [4.78, 5) is 23.1. The van der Waals surface area contributed by atoms with Gasteiger partial charge in [-0.3, -0.25) is 4.79 Å². The van der Waals surface area contributed by atoms with Crippen LogP contribution in [0, 0.1) is 5.92 Å². The second-order valence-corrected chi connectivity index (χ2v) is 7.02. The van der Waals surface area contributed by atoms with Crippen LogP contribution >= 0.6 is 11.8 Å². The van der Waals surface area contributed by atoms with Gasteiger partial charge in [0, 0.05) is 4.75 Å². The zero-order valence-electron chi connectivity index (χ0n) is 11.5. The lowest BCUT2D eigenvalue weighted by molar-refractivity contribution is -0.146. The Hall–Kier alpha value is -0.710. The third-order valence-corrected chi connectivity index (χ3v) is 3.35. The smallest absolute Gasteiger partial charge is 0.328 e. The minimum atomic E-state index is -0.562. The van der Waals surface area contributed by atoms with Gasteiger partial charge in [0.2, 0.25) is 5.91 Å². The second kappa shape index (κ2) is 6.89. The molecule has 100 valence electrons. The van der Waals surface area contributed by atoms with Crippen LogP contribution in [0.3, 0.4) is 0 Å². The van der Waals surface area contributed by atoms with Crippen molar-refractivity contribution < 1.29 is 14.3 Å². The highest BCUT2D eigenvalue weighted by Crippen LogP contribution is 2.22. The van der Waals surface area contributed by atoms with E-state index in [0.717, 1.165) is 0 Å². The van der Waals surface area contributed by atoms with E-state index in [9.17, 15) is 9.59 Å². The Kier molecular flexibility index (Phi) is 6.60. The minimum absolute atomic E-state index is 0.0195. The molecule has 0 bridgehead atoms. The molecule has 0 saturated heterocycles. The van der Waals surface area contributed by atoms with Crippen LogP contribution in [0.5, 0.6) is 0 Å². The molecule has 5 heteroatoms. The summed E-state index contributed by atoms with van der Waals surface area (Å²) >= 11 is 1.55. The highest BCUT2D eigenvalue weighted by atomic mass is 32.2. The fourth-order valence-electron chi connectivity index (χ4n) is 1.12. The molecule has 0 aliphatic rings. The number of carbonyl (C=O) groups is 2. The van der Waals surface area contributed by atoms with Crippen molar-refractivity contribution in [1.82, 2.24) is 5.32 Å². The molecule has 0 rings (SSSR count). The molecule has 0 aliphatic carbocycles. The number of ether oxygens (including phenoxy) is 1. The van der Waals surface area contributed by atoms with Crippen LogP contribution in [-0.4, -0.2) is 35.5 Å². The summed E-state index contributed by atoms with van der Waals surface area (Å²) in [7, 11) is 1.33. The quantitative estimate of drug-likeness (QED) is 0.767. The SMILES string of the molecule is COC(=O)C(NC(=O)CSC(C)(C)C)C(C)C. The Labute approximate surface area is 108 Å². The number of hydrogen-bond acceptors (Lipinski definition) is 4. The number of thioether (sulfide) groups is 1. The van der Waals surface area contributed by atoms with E-state index < -0.39 is 12.0 Å². The molecule has 0 saturated carbocycles. The lowest BCUT2D eigenvalue weighted by Crippen LogP contribution is -2.45. The van der Waals surface area contributed by atoms with Gasteiger partial charge in [-0.1, -0.05) is 34.6 Å². The molecule has 17 heavy (non-hydrogen) atoms. The summed E-state index contributed by atoms with van der Waals surface area (Å²) in [5, 5.41) is 2.71. The minimum Gasteiger partial charge on any atom is -0.467 e. The second-order valence-electron chi connectivity index (χ2n) is 5.21. The maximum atomic E-state index is 11.7. The molecule has 1 unspecified atom stereocenters. The molecule has 0 aromatic heterocycles. The van der Waals surface area contributed by atoms with Crippen molar-refractivity contribution in [2.24, 2.45) is 5.92 Å². The zero-order valence-corrected chi connectivity index (χ0v) is 12.3. The zero-order chi connectivity index (χ0) is 13.6. The monoisotopic (exact) mass is 261 g/mol. The number of methoxy groups -OCH3 is 1. The lowest BCUT2D eigenvalue weighted by Gasteiger charge is -2.21. The van der Waals surface area contributed by atoms with Gasteiger partial charge in [0.15, 0.2) is 0 Å². The van der Waals surface area contributed by atoms with Crippen LogP contribution in [0.25, 0.3) is 0 Å². The number of esters is 1. The molecule has 0 fully saturated rings. The van der Waals surface area contributed by atoms with Gasteiger partial charge in [-0.25, -0.2) is 4.79 Å². The van der Waals surface area contributed by atoms with Gasteiger partial charge in [-0.05, 0) is 5.92 Å². The van der Waals surface area contributed by atoms with E-state index in [4.69, 9.17) is 0 Å². The molecule has 0 aromatic rings. The van der Waals surface area contributed by atoms with Crippen LogP contribution in [0.15, 0.2) is 0 Å². The van der Waals surface area contributed by atoms with Crippen LogP contribution in [0.2, 0.25) is 0 Å². The molecule has 1 N–H and O–H groups in total. The first-order valence-electron chi connectivity index (χ1n) is 5.68. The van der Waals surface area contributed by atoms with Gasteiger partial charge in [0.1, 0.15) is 6.04 Å². The topological polar surface area (TPSA) is 55.4 Å². The van der Waals surface area contributed by atoms with E-state index in [1.54, 1.807) is 11.8 Å². The van der Waals surface area contributed by atoms with E-state index in [0.29, 0.717) is 5.75 Å². The largest absolute Gasteiger partial charge is 0.467 e. The van der Waals surface area contributed by atoms with Crippen LogP contribution in [-0.2, 0) is 14.3 Å². The maximum absolute atomic E-state index is 11.7. The van der Waals surface area contributed by atoms with Crippen molar-refractivity contribution in [3.8, 4) is 0 Å². The Morgan fingerprint density at radius 3 is 2.18 bits per heavy atom. The van der Waals surface area contributed by atoms with E-state index >= 15 is 0 Å². The van der Waals surface area contributed by atoms with Crippen molar-refractivity contribution in [3.05, 3.63) is 0 Å². The Bertz CT molecular complexity index is 271. The van der Waals surface area contributed by atoms with Crippen LogP contribution in [0.4, 0.5) is 0 Å². The first kappa shape index (κ1) is 16.3. The summed E-state index contributed by atoms with van der Waals surface area (Å²) in [6.07, 6.45) is 0. The summed E-state index contributed by atoms with van der Waals surface area (Å²) < 4.78 is 4.70. The van der Waals surface area contributed by atoms with Crippen molar-refractivity contribution >= 4 is 23.6 Å². The normalized spacial score (nSPS) is 13.4. The average Bonchev–Trinajstić information content (AvgIpc) is 2.20. The first-order chi connectivity index (χ1) is 7.67. The van der Waals surface area contributed by atoms with Gasteiger partial charge in [-0.15, -0.1) is 11.8 Å². The number of amides is 1. The predicted molar refractivity (Wildman–Crippen MR) is 71.0 cm³/mol. The predicted octanol–water partition coefficient (Wildman–Crippen LogP) is 1.83. The third kappa shape index (κ3) is 7.26. The lowest BCUT2D eigenvalue weighted by atomic mass is 10.1. The standard InChI is InChI=1S/C12H23NO3S/c1-8(2)10(11(15)16-6)13-9(14)7-17-12(3,4)5/h8,10H,7H2,1-6H3,(H,13,14). The molecule has 4 nitrogen and oxygen atoms in total. The molecular weight excluding hydrogens is 238 g/mol. The molecule has 0 spiro atoms. The summed E-state index contributed by atoms with van der Waals surface area (Å²) in [5.74, 6) is -0.154. The van der Waals surface area contributed by atoms with Crippen LogP contribution in [0.1, 0.15) is 34.6 Å². The Balaban J connectivity index is 4.28. The maximum Gasteiger partial charge on any atom is 0.328 e. The highest BCUT2D eigenvalue weighted by molar-refractivity contribution is 8.01. The fourth-order valence-corrected chi connectivity index (χ4v) is 1.77. The Morgan fingerprint density at radius 2 is 1.82 bits per heavy atom. The number of rotatable bonds is 5. The molecule has 1 amide bonds. The number of nitrogens with one attached hydrogen (secondary N) is 1. The van der Waals surface area contributed by atoms with E-state index in [1.807, 2.05) is 34.6 Å². The van der Waals surface area contributed by atoms with E-state index in [2.05, 4.69) is 10.1 Å². The van der Waals surface area contributed by atoms with Gasteiger partial charge in [0.05, 0.1) is 12.9 Å². The van der Waals surface area contributed by atoms with Gasteiger partial charge in [-0.2, -0.15) is 0 Å². The van der Waals surface area contributed by atoms with Crippen molar-refractivity contribution in [3.63, 3.8) is 0 Å². The number of hydrogen-bond donors (Lipinski definition) is 1. The molecule has 0 aromatic carbocycles. The summed E-state index contributed by atoms with van der Waals surface area (Å²) in [6, 6.07) is -0.562. The van der Waals surface area contributed by atoms with Crippen LogP contribution < -0.4 is 5.32 Å². The molecular formula is C12H23NO3S.